The lowest BCUT2D eigenvalue weighted by molar-refractivity contribution is -0.124. The highest BCUT2D eigenvalue weighted by Crippen LogP contribution is 2.38. The summed E-state index contributed by atoms with van der Waals surface area (Å²) in [6.07, 6.45) is 7.70. The summed E-state index contributed by atoms with van der Waals surface area (Å²) in [5, 5.41) is 2.98. The molecule has 2 aromatic rings. The maximum Gasteiger partial charge on any atom is 0.220 e. The molecule has 0 radical (unpaired) electrons. The molecule has 1 aromatic carbocycles. The molecule has 1 saturated carbocycles. The third-order valence-corrected chi connectivity index (χ3v) is 5.21. The highest BCUT2D eigenvalue weighted by molar-refractivity contribution is 5.76. The lowest BCUT2D eigenvalue weighted by Gasteiger charge is -2.35. The number of pyridine rings is 1. The van der Waals surface area contributed by atoms with Gasteiger partial charge in [-0.25, -0.2) is 9.37 Å². The second-order valence-electron chi connectivity index (χ2n) is 7.28. The topological polar surface area (TPSA) is 77.2 Å². The molecule has 0 saturated heterocycles. The standard InChI is InChI=1S/C21H26FN3O2/c22-17-4-6-18(7-5-17)27-20-12-16(8-11-24-20)14-25-19(26)13-21(15-23)9-2-1-3-10-21/h4-8,11-12H,1-3,9-10,13-15,23H2,(H,25,26). The molecule has 3 rings (SSSR count). The molecule has 0 bridgehead atoms. The summed E-state index contributed by atoms with van der Waals surface area (Å²) in [4.78, 5) is 16.6. The molecule has 3 N–H and O–H groups in total. The Bertz CT molecular complexity index is 758. The van der Waals surface area contributed by atoms with Crippen LogP contribution in [0.25, 0.3) is 0 Å². The van der Waals surface area contributed by atoms with E-state index in [2.05, 4.69) is 10.3 Å². The number of nitrogens with one attached hydrogen (secondary N) is 1. The summed E-state index contributed by atoms with van der Waals surface area (Å²) in [7, 11) is 0. The van der Waals surface area contributed by atoms with E-state index in [0.29, 0.717) is 31.1 Å². The molecule has 1 aromatic heterocycles. The first kappa shape index (κ1) is 19.3. The van der Waals surface area contributed by atoms with Crippen LogP contribution in [-0.2, 0) is 11.3 Å². The van der Waals surface area contributed by atoms with E-state index in [1.165, 1.54) is 18.6 Å². The van der Waals surface area contributed by atoms with E-state index in [-0.39, 0.29) is 17.1 Å². The van der Waals surface area contributed by atoms with Gasteiger partial charge < -0.3 is 15.8 Å². The molecule has 27 heavy (non-hydrogen) atoms. The van der Waals surface area contributed by atoms with E-state index in [1.807, 2.05) is 6.07 Å². The lowest BCUT2D eigenvalue weighted by atomic mass is 9.71. The maximum atomic E-state index is 13.0. The van der Waals surface area contributed by atoms with Gasteiger partial charge >= 0.3 is 0 Å². The summed E-state index contributed by atoms with van der Waals surface area (Å²) < 4.78 is 18.6. The molecule has 1 aliphatic rings. The van der Waals surface area contributed by atoms with Crippen molar-refractivity contribution in [2.45, 2.75) is 45.1 Å². The van der Waals surface area contributed by atoms with Gasteiger partial charge in [0.05, 0.1) is 0 Å². The third-order valence-electron chi connectivity index (χ3n) is 5.21. The number of hydrogen-bond acceptors (Lipinski definition) is 4. The Morgan fingerprint density at radius 3 is 2.63 bits per heavy atom. The van der Waals surface area contributed by atoms with Crippen molar-refractivity contribution < 1.29 is 13.9 Å². The summed E-state index contributed by atoms with van der Waals surface area (Å²) >= 11 is 0. The van der Waals surface area contributed by atoms with E-state index in [4.69, 9.17) is 10.5 Å². The fourth-order valence-electron chi connectivity index (χ4n) is 3.60. The predicted molar refractivity (Wildman–Crippen MR) is 102 cm³/mol. The summed E-state index contributed by atoms with van der Waals surface area (Å²) in [6, 6.07) is 9.35. The molecule has 0 unspecified atom stereocenters. The molecular formula is C21H26FN3O2. The Morgan fingerprint density at radius 2 is 1.93 bits per heavy atom. The van der Waals surface area contributed by atoms with E-state index < -0.39 is 0 Å². The van der Waals surface area contributed by atoms with E-state index in [9.17, 15) is 9.18 Å². The first-order valence-electron chi connectivity index (χ1n) is 9.44. The largest absolute Gasteiger partial charge is 0.439 e. The molecule has 0 atom stereocenters. The number of amides is 1. The monoisotopic (exact) mass is 371 g/mol. The lowest BCUT2D eigenvalue weighted by Crippen LogP contribution is -2.38. The predicted octanol–water partition coefficient (Wildman–Crippen LogP) is 3.93. The van der Waals surface area contributed by atoms with Gasteiger partial charge in [-0.3, -0.25) is 4.79 Å². The number of rotatable bonds is 7. The number of nitrogens with zero attached hydrogens (tertiary/aromatic N) is 1. The Kier molecular flexibility index (Phi) is 6.40. The van der Waals surface area contributed by atoms with Crippen molar-refractivity contribution in [2.24, 2.45) is 11.1 Å². The minimum Gasteiger partial charge on any atom is -0.439 e. The van der Waals surface area contributed by atoms with Crippen molar-refractivity contribution in [1.29, 1.82) is 0 Å². The van der Waals surface area contributed by atoms with Crippen LogP contribution in [0.4, 0.5) is 4.39 Å². The van der Waals surface area contributed by atoms with Crippen LogP contribution in [0.15, 0.2) is 42.6 Å². The number of benzene rings is 1. The number of nitrogens with two attached hydrogens (primary N) is 1. The van der Waals surface area contributed by atoms with Crippen LogP contribution in [0, 0.1) is 11.2 Å². The van der Waals surface area contributed by atoms with Crippen LogP contribution < -0.4 is 15.8 Å². The Labute approximate surface area is 159 Å². The number of halogens is 1. The Balaban J connectivity index is 1.54. The molecular weight excluding hydrogens is 345 g/mol. The molecule has 5 nitrogen and oxygen atoms in total. The van der Waals surface area contributed by atoms with Gasteiger partial charge in [0.25, 0.3) is 0 Å². The van der Waals surface area contributed by atoms with Crippen LogP contribution in [0.1, 0.15) is 44.1 Å². The van der Waals surface area contributed by atoms with Crippen molar-refractivity contribution >= 4 is 5.91 Å². The first-order chi connectivity index (χ1) is 13.1. The molecule has 0 aliphatic heterocycles. The average Bonchev–Trinajstić information content (AvgIpc) is 2.69. The van der Waals surface area contributed by atoms with Crippen molar-refractivity contribution in [2.75, 3.05) is 6.54 Å². The van der Waals surface area contributed by atoms with Gasteiger partial charge in [0.15, 0.2) is 0 Å². The number of hydrogen-bond donors (Lipinski definition) is 2. The zero-order chi connectivity index (χ0) is 19.1. The van der Waals surface area contributed by atoms with Crippen LogP contribution in [0.5, 0.6) is 11.6 Å². The van der Waals surface area contributed by atoms with E-state index in [1.54, 1.807) is 24.4 Å². The van der Waals surface area contributed by atoms with Gasteiger partial charge in [0.2, 0.25) is 11.8 Å². The fourth-order valence-corrected chi connectivity index (χ4v) is 3.60. The van der Waals surface area contributed by atoms with Gasteiger partial charge in [0.1, 0.15) is 11.6 Å². The maximum absolute atomic E-state index is 13.0. The van der Waals surface area contributed by atoms with E-state index >= 15 is 0 Å². The molecule has 6 heteroatoms. The normalized spacial score (nSPS) is 15.9. The van der Waals surface area contributed by atoms with Crippen molar-refractivity contribution in [1.82, 2.24) is 10.3 Å². The molecule has 1 heterocycles. The molecule has 1 fully saturated rings. The summed E-state index contributed by atoms with van der Waals surface area (Å²) in [5.41, 5.74) is 6.81. The molecule has 144 valence electrons. The molecule has 0 spiro atoms. The number of aromatic nitrogens is 1. The zero-order valence-electron chi connectivity index (χ0n) is 15.4. The second kappa shape index (κ2) is 8.95. The van der Waals surface area contributed by atoms with Crippen LogP contribution >= 0.6 is 0 Å². The van der Waals surface area contributed by atoms with Gasteiger partial charge in [-0.15, -0.1) is 0 Å². The number of carbonyl (C=O) groups excluding carboxylic acids is 1. The average molecular weight is 371 g/mol. The quantitative estimate of drug-likeness (QED) is 0.773. The minimum atomic E-state index is -0.319. The zero-order valence-corrected chi connectivity index (χ0v) is 15.4. The van der Waals surface area contributed by atoms with Crippen molar-refractivity contribution in [3.63, 3.8) is 0 Å². The van der Waals surface area contributed by atoms with Gasteiger partial charge in [0, 0.05) is 25.2 Å². The third kappa shape index (κ3) is 5.50. The summed E-state index contributed by atoms with van der Waals surface area (Å²) in [5.74, 6) is 0.617. The van der Waals surface area contributed by atoms with Crippen LogP contribution in [0.2, 0.25) is 0 Å². The molecule has 1 amide bonds. The fraction of sp³-hybridized carbons (Fsp3) is 0.429. The minimum absolute atomic E-state index is 0.0279. The number of carbonyl (C=O) groups is 1. The smallest absolute Gasteiger partial charge is 0.220 e. The Hall–Kier alpha value is -2.47. The van der Waals surface area contributed by atoms with E-state index in [0.717, 1.165) is 31.2 Å². The van der Waals surface area contributed by atoms with Crippen LogP contribution in [0.3, 0.4) is 0 Å². The van der Waals surface area contributed by atoms with Crippen molar-refractivity contribution in [3.05, 3.63) is 54.0 Å². The highest BCUT2D eigenvalue weighted by atomic mass is 19.1. The molecule has 1 aliphatic carbocycles. The summed E-state index contributed by atoms with van der Waals surface area (Å²) in [6.45, 7) is 0.965. The SMILES string of the molecule is NCC1(CC(=O)NCc2ccnc(Oc3ccc(F)cc3)c2)CCCCC1. The van der Waals surface area contributed by atoms with Crippen molar-refractivity contribution in [3.8, 4) is 11.6 Å². The highest BCUT2D eigenvalue weighted by Gasteiger charge is 2.32. The number of ether oxygens (including phenoxy) is 1. The van der Waals surface area contributed by atoms with Crippen LogP contribution in [-0.4, -0.2) is 17.4 Å². The van der Waals surface area contributed by atoms with Gasteiger partial charge in [-0.05, 0) is 60.7 Å². The Morgan fingerprint density at radius 1 is 1.19 bits per heavy atom. The first-order valence-corrected chi connectivity index (χ1v) is 9.44. The van der Waals surface area contributed by atoms with Gasteiger partial charge in [-0.1, -0.05) is 19.3 Å². The second-order valence-corrected chi connectivity index (χ2v) is 7.28. The van der Waals surface area contributed by atoms with Gasteiger partial charge in [-0.2, -0.15) is 0 Å².